The molecule has 1 saturated heterocycles. The average molecular weight is 366 g/mol. The van der Waals surface area contributed by atoms with E-state index in [4.69, 9.17) is 9.84 Å². The number of aromatic carboxylic acids is 1. The van der Waals surface area contributed by atoms with E-state index in [2.05, 4.69) is 35.9 Å². The number of rotatable bonds is 4. The number of hydrogen-bond acceptors (Lipinski definition) is 5. The molecule has 0 spiro atoms. The van der Waals surface area contributed by atoms with Crippen LogP contribution >= 0.6 is 0 Å². The van der Waals surface area contributed by atoms with Crippen molar-refractivity contribution in [2.24, 2.45) is 0 Å². The smallest absolute Gasteiger partial charge is 0.354 e. The Bertz CT molecular complexity index is 990. The van der Waals surface area contributed by atoms with Crippen molar-refractivity contribution in [3.05, 3.63) is 47.8 Å². The van der Waals surface area contributed by atoms with Crippen LogP contribution in [0, 0.1) is 0 Å². The first-order valence-corrected chi connectivity index (χ1v) is 9.10. The lowest BCUT2D eigenvalue weighted by molar-refractivity contribution is 0.0691. The standard InChI is InChI=1S/C20H22N4O3/c1-13(2)18-16-6-7-17(20(25)26)21-19(16)24(22-18)15-5-3-4-14(12-15)23-8-10-27-11-9-23/h3-7,12-13H,8-11H2,1-2H3,(H,25,26). The van der Waals surface area contributed by atoms with Gasteiger partial charge in [0.15, 0.2) is 11.3 Å². The number of hydrogen-bond donors (Lipinski definition) is 1. The number of carboxylic acids is 1. The van der Waals surface area contributed by atoms with E-state index >= 15 is 0 Å². The zero-order valence-electron chi connectivity index (χ0n) is 15.4. The second-order valence-corrected chi connectivity index (χ2v) is 6.94. The first-order valence-electron chi connectivity index (χ1n) is 9.10. The molecule has 0 aliphatic carbocycles. The Hall–Kier alpha value is -2.93. The molecule has 2 aromatic heterocycles. The molecule has 1 N–H and O–H groups in total. The van der Waals surface area contributed by atoms with Crippen molar-refractivity contribution < 1.29 is 14.6 Å². The number of pyridine rings is 1. The fourth-order valence-electron chi connectivity index (χ4n) is 3.39. The summed E-state index contributed by atoms with van der Waals surface area (Å²) < 4.78 is 7.19. The molecule has 1 fully saturated rings. The van der Waals surface area contributed by atoms with Crippen LogP contribution in [0.15, 0.2) is 36.4 Å². The van der Waals surface area contributed by atoms with Gasteiger partial charge < -0.3 is 14.7 Å². The summed E-state index contributed by atoms with van der Waals surface area (Å²) in [4.78, 5) is 18.0. The number of aromatic nitrogens is 3. The van der Waals surface area contributed by atoms with Crippen LogP contribution < -0.4 is 4.90 Å². The molecule has 3 heterocycles. The molecule has 27 heavy (non-hydrogen) atoms. The number of ether oxygens (including phenoxy) is 1. The van der Waals surface area contributed by atoms with Crippen molar-refractivity contribution in [3.8, 4) is 5.69 Å². The monoisotopic (exact) mass is 366 g/mol. The van der Waals surface area contributed by atoms with Crippen molar-refractivity contribution in [1.82, 2.24) is 14.8 Å². The van der Waals surface area contributed by atoms with Gasteiger partial charge in [-0.2, -0.15) is 5.10 Å². The van der Waals surface area contributed by atoms with Crippen molar-refractivity contribution in [2.45, 2.75) is 19.8 Å². The molecule has 140 valence electrons. The number of carbonyl (C=O) groups is 1. The summed E-state index contributed by atoms with van der Waals surface area (Å²) in [5, 5.41) is 15.0. The highest BCUT2D eigenvalue weighted by molar-refractivity contribution is 5.90. The normalized spacial score (nSPS) is 14.9. The number of nitrogens with zero attached hydrogens (tertiary/aromatic N) is 4. The maximum atomic E-state index is 11.4. The van der Waals surface area contributed by atoms with Crippen molar-refractivity contribution >= 4 is 22.7 Å². The highest BCUT2D eigenvalue weighted by Crippen LogP contribution is 2.28. The molecule has 3 aromatic rings. The number of fused-ring (bicyclic) bond motifs is 1. The first kappa shape index (κ1) is 17.5. The summed E-state index contributed by atoms with van der Waals surface area (Å²) in [5.74, 6) is -0.841. The fraction of sp³-hybridized carbons (Fsp3) is 0.350. The Morgan fingerprint density at radius 2 is 1.89 bits per heavy atom. The van der Waals surface area contributed by atoms with Crippen LogP contribution in [-0.4, -0.2) is 52.1 Å². The van der Waals surface area contributed by atoms with E-state index in [9.17, 15) is 9.90 Å². The number of anilines is 1. The topological polar surface area (TPSA) is 80.5 Å². The van der Waals surface area contributed by atoms with Crippen LogP contribution in [0.1, 0.15) is 35.9 Å². The molecular formula is C20H22N4O3. The van der Waals surface area contributed by atoms with Crippen LogP contribution in [0.5, 0.6) is 0 Å². The third-order valence-corrected chi connectivity index (χ3v) is 4.78. The van der Waals surface area contributed by atoms with Crippen LogP contribution in [0.2, 0.25) is 0 Å². The molecular weight excluding hydrogens is 344 g/mol. The Kier molecular flexibility index (Phi) is 4.53. The third-order valence-electron chi connectivity index (χ3n) is 4.78. The molecule has 4 rings (SSSR count). The van der Waals surface area contributed by atoms with Gasteiger partial charge in [0.25, 0.3) is 0 Å². The Morgan fingerprint density at radius 3 is 2.59 bits per heavy atom. The van der Waals surface area contributed by atoms with Gasteiger partial charge in [-0.1, -0.05) is 19.9 Å². The minimum absolute atomic E-state index is 0.0169. The zero-order chi connectivity index (χ0) is 19.0. The van der Waals surface area contributed by atoms with E-state index in [1.807, 2.05) is 12.1 Å². The summed E-state index contributed by atoms with van der Waals surface area (Å²) in [6.07, 6.45) is 0. The van der Waals surface area contributed by atoms with E-state index in [1.54, 1.807) is 10.7 Å². The highest BCUT2D eigenvalue weighted by Gasteiger charge is 2.19. The largest absolute Gasteiger partial charge is 0.477 e. The van der Waals surface area contributed by atoms with E-state index in [0.29, 0.717) is 5.65 Å². The molecule has 0 saturated carbocycles. The second kappa shape index (κ2) is 7.00. The number of carboxylic acid groups (broad SMARTS) is 1. The lowest BCUT2D eigenvalue weighted by Crippen LogP contribution is -2.36. The number of morpholine rings is 1. The van der Waals surface area contributed by atoms with Crippen LogP contribution in [-0.2, 0) is 4.74 Å². The molecule has 0 bridgehead atoms. The lowest BCUT2D eigenvalue weighted by Gasteiger charge is -2.29. The van der Waals surface area contributed by atoms with Gasteiger partial charge in [-0.05, 0) is 36.2 Å². The van der Waals surface area contributed by atoms with Crippen LogP contribution in [0.25, 0.3) is 16.7 Å². The van der Waals surface area contributed by atoms with Gasteiger partial charge in [0.2, 0.25) is 0 Å². The predicted octanol–water partition coefficient (Wildman–Crippen LogP) is 3.08. The van der Waals surface area contributed by atoms with Gasteiger partial charge in [0.05, 0.1) is 24.6 Å². The minimum atomic E-state index is -1.04. The Morgan fingerprint density at radius 1 is 1.15 bits per heavy atom. The Labute approximate surface area is 157 Å². The lowest BCUT2D eigenvalue weighted by atomic mass is 10.1. The van der Waals surface area contributed by atoms with Gasteiger partial charge in [-0.3, -0.25) is 0 Å². The first-order chi connectivity index (χ1) is 13.0. The summed E-state index contributed by atoms with van der Waals surface area (Å²) in [6.45, 7) is 7.28. The summed E-state index contributed by atoms with van der Waals surface area (Å²) in [6, 6.07) is 11.4. The van der Waals surface area contributed by atoms with Gasteiger partial charge in [-0.25, -0.2) is 14.5 Å². The van der Waals surface area contributed by atoms with E-state index in [1.165, 1.54) is 6.07 Å². The summed E-state index contributed by atoms with van der Waals surface area (Å²) >= 11 is 0. The van der Waals surface area contributed by atoms with Crippen LogP contribution in [0.4, 0.5) is 5.69 Å². The van der Waals surface area contributed by atoms with Crippen molar-refractivity contribution in [2.75, 3.05) is 31.2 Å². The molecule has 0 amide bonds. The third kappa shape index (κ3) is 3.26. The average Bonchev–Trinajstić information content (AvgIpc) is 3.08. The maximum Gasteiger partial charge on any atom is 0.354 e. The summed E-state index contributed by atoms with van der Waals surface area (Å²) in [7, 11) is 0. The second-order valence-electron chi connectivity index (χ2n) is 6.94. The van der Waals surface area contributed by atoms with Crippen LogP contribution in [0.3, 0.4) is 0 Å². The molecule has 0 atom stereocenters. The predicted molar refractivity (Wildman–Crippen MR) is 103 cm³/mol. The molecule has 0 unspecified atom stereocenters. The molecule has 1 aliphatic heterocycles. The van der Waals surface area contributed by atoms with E-state index in [-0.39, 0.29) is 11.6 Å². The summed E-state index contributed by atoms with van der Waals surface area (Å²) in [5.41, 5.74) is 3.46. The molecule has 0 radical (unpaired) electrons. The van der Waals surface area contributed by atoms with Crippen molar-refractivity contribution in [3.63, 3.8) is 0 Å². The van der Waals surface area contributed by atoms with Gasteiger partial charge in [0, 0.05) is 24.2 Å². The van der Waals surface area contributed by atoms with Gasteiger partial charge >= 0.3 is 5.97 Å². The van der Waals surface area contributed by atoms with Crippen molar-refractivity contribution in [1.29, 1.82) is 0 Å². The van der Waals surface area contributed by atoms with E-state index < -0.39 is 5.97 Å². The van der Waals surface area contributed by atoms with Gasteiger partial charge in [-0.15, -0.1) is 0 Å². The molecule has 1 aliphatic rings. The maximum absolute atomic E-state index is 11.4. The molecule has 1 aromatic carbocycles. The van der Waals surface area contributed by atoms with E-state index in [0.717, 1.165) is 48.8 Å². The highest BCUT2D eigenvalue weighted by atomic mass is 16.5. The number of benzene rings is 1. The fourth-order valence-corrected chi connectivity index (χ4v) is 3.39. The SMILES string of the molecule is CC(C)c1nn(-c2cccc(N3CCOCC3)c2)c2nc(C(=O)O)ccc12. The minimum Gasteiger partial charge on any atom is -0.477 e. The Balaban J connectivity index is 1.85. The molecule has 7 nitrogen and oxygen atoms in total. The van der Waals surface area contributed by atoms with Gasteiger partial charge in [0.1, 0.15) is 0 Å². The quantitative estimate of drug-likeness (QED) is 0.764. The molecule has 7 heteroatoms. The zero-order valence-corrected chi connectivity index (χ0v) is 15.4.